The zero-order valence-corrected chi connectivity index (χ0v) is 30.2. The minimum atomic E-state index is 0. The Balaban J connectivity index is 0.000000532. The Hall–Kier alpha value is -1.73. The first-order valence-electron chi connectivity index (χ1n) is 13.3. The first kappa shape index (κ1) is 40.3. The van der Waals surface area contributed by atoms with Gasteiger partial charge in [-0.25, -0.2) is 6.08 Å². The number of benzene rings is 4. The van der Waals surface area contributed by atoms with Crippen LogP contribution in [0.5, 0.6) is 0 Å². The Morgan fingerprint density at radius 3 is 1.79 bits per heavy atom. The molecule has 0 heterocycles. The number of halogens is 4. The maximum absolute atomic E-state index is 5.51. The fraction of sp³-hybridized carbons (Fsp3) is 0.216. The molecule has 2 aliphatic rings. The Morgan fingerprint density at radius 1 is 0.810 bits per heavy atom. The van der Waals surface area contributed by atoms with Crippen LogP contribution in [0.2, 0.25) is 10.0 Å². The molecule has 0 nitrogen and oxygen atoms in total. The second kappa shape index (κ2) is 21.9. The van der Waals surface area contributed by atoms with E-state index in [4.69, 9.17) is 23.2 Å². The fourth-order valence-corrected chi connectivity index (χ4v) is 4.22. The van der Waals surface area contributed by atoms with Crippen molar-refractivity contribution in [2.45, 2.75) is 40.5 Å². The summed E-state index contributed by atoms with van der Waals surface area (Å²) >= 11 is 12.3. The van der Waals surface area contributed by atoms with Gasteiger partial charge in [-0.05, 0) is 6.42 Å². The van der Waals surface area contributed by atoms with Crippen molar-refractivity contribution >= 4 is 52.2 Å². The quantitative estimate of drug-likeness (QED) is 0.152. The molecular weight excluding hydrogens is 677 g/mol. The summed E-state index contributed by atoms with van der Waals surface area (Å²) < 4.78 is 3.34. The van der Waals surface area contributed by atoms with Crippen LogP contribution in [0.1, 0.15) is 45.2 Å². The normalized spacial score (nSPS) is 13.1. The van der Waals surface area contributed by atoms with Crippen molar-refractivity contribution < 1.29 is 24.2 Å². The molecule has 6 rings (SSSR count). The molecule has 0 radical (unpaired) electrons. The molecule has 0 aromatic heterocycles. The molecule has 0 spiro atoms. The maximum atomic E-state index is 5.51. The van der Waals surface area contributed by atoms with Crippen molar-refractivity contribution in [3.8, 4) is 11.1 Å². The van der Waals surface area contributed by atoms with Gasteiger partial charge < -0.3 is 0 Å². The monoisotopic (exact) mass is 712 g/mol. The Labute approximate surface area is 291 Å². The van der Waals surface area contributed by atoms with E-state index >= 15 is 0 Å². The van der Waals surface area contributed by atoms with Crippen molar-refractivity contribution in [1.82, 2.24) is 0 Å². The summed E-state index contributed by atoms with van der Waals surface area (Å²) in [6.07, 6.45) is 10.1. The molecule has 0 amide bonds. The molecule has 1 unspecified atom stereocenters. The molecule has 4 aromatic rings. The minimum Gasteiger partial charge on any atom is -0.179 e. The van der Waals surface area contributed by atoms with Crippen LogP contribution in [0.4, 0.5) is 0 Å². The third-order valence-corrected chi connectivity index (χ3v) is 6.56. The summed E-state index contributed by atoms with van der Waals surface area (Å²) in [5.74, 6) is 0.573. The zero-order valence-electron chi connectivity index (χ0n) is 24.6. The third-order valence-electron chi connectivity index (χ3n) is 6.09. The summed E-state index contributed by atoms with van der Waals surface area (Å²) in [5, 5.41) is 1.48. The zero-order chi connectivity index (χ0) is 29.4. The van der Waals surface area contributed by atoms with Crippen LogP contribution in [0.3, 0.4) is 0 Å². The predicted octanol–water partition coefficient (Wildman–Crippen LogP) is 11.5. The molecule has 0 saturated heterocycles. The molecule has 42 heavy (non-hydrogen) atoms. The van der Waals surface area contributed by atoms with Crippen LogP contribution in [0.25, 0.3) is 11.1 Å². The topological polar surface area (TPSA) is 0 Å². The number of hydrogen-bond donors (Lipinski definition) is 0. The van der Waals surface area contributed by atoms with Crippen LogP contribution < -0.4 is 0 Å². The largest absolute Gasteiger partial charge is 0.179 e. The second-order valence-corrected chi connectivity index (χ2v) is 10.9. The SMILES string of the molecule is CCC1[C-]=CC(C(C)(C)C)=C1.Cl.Cl.Clc1c[c-]ccc1.Clc1c[c-]ccc1.[CH2]=[Zr].[c-]1cccc2c1Cc1ccccc1-2. The number of fused-ring (bicyclic) bond motifs is 3. The maximum Gasteiger partial charge on any atom is -0.0253 e. The molecular formula is C37H38Cl4Zr-4. The van der Waals surface area contributed by atoms with Gasteiger partial charge in [-0.15, -0.1) is 30.4 Å². The summed E-state index contributed by atoms with van der Waals surface area (Å²) in [4.78, 5) is 0. The molecule has 0 saturated carbocycles. The number of hydrogen-bond acceptors (Lipinski definition) is 0. The van der Waals surface area contributed by atoms with Crippen molar-refractivity contribution in [3.63, 3.8) is 0 Å². The Kier molecular flexibility index (Phi) is 21.0. The Morgan fingerprint density at radius 2 is 1.36 bits per heavy atom. The van der Waals surface area contributed by atoms with Gasteiger partial charge in [0.25, 0.3) is 0 Å². The van der Waals surface area contributed by atoms with Gasteiger partial charge in [-0.1, -0.05) is 90.9 Å². The van der Waals surface area contributed by atoms with E-state index in [1.807, 2.05) is 42.5 Å². The molecule has 0 fully saturated rings. The van der Waals surface area contributed by atoms with Gasteiger partial charge in [0.05, 0.1) is 0 Å². The number of allylic oxidation sites excluding steroid dienone is 4. The molecule has 1 atom stereocenters. The van der Waals surface area contributed by atoms with Crippen molar-refractivity contribution in [1.29, 1.82) is 0 Å². The first-order chi connectivity index (χ1) is 19.3. The molecule has 4 aromatic carbocycles. The van der Waals surface area contributed by atoms with Crippen LogP contribution in [-0.4, -0.2) is 4.21 Å². The Bertz CT molecular complexity index is 1260. The van der Waals surface area contributed by atoms with E-state index < -0.39 is 0 Å². The standard InChI is InChI=1S/C13H9.C11H17.2C6H4Cl.CH2.2ClH.Zr/c1-3-7-12-10(5-1)9-11-6-2-4-8-13(11)12;1-5-9-6-7-10(8-9)11(2,3)4;2*7-6-4-2-1-3-5-6;;;;/h1-5,7-8H,9H2;7-9H,5H2,1-4H3;2*1-2,4-5H;1H2;2*1H;/q4*-1;;;;. The average Bonchev–Trinajstić information content (AvgIpc) is 3.62. The average molecular weight is 716 g/mol. The molecule has 0 aliphatic heterocycles. The molecule has 5 heteroatoms. The van der Waals surface area contributed by atoms with Crippen molar-refractivity contribution in [2.24, 2.45) is 11.3 Å². The van der Waals surface area contributed by atoms with Gasteiger partial charge in [0.15, 0.2) is 0 Å². The summed E-state index contributed by atoms with van der Waals surface area (Å²) in [6, 6.07) is 38.2. The smallest absolute Gasteiger partial charge is 0.0253 e. The first-order valence-corrected chi connectivity index (χ1v) is 15.8. The molecule has 0 N–H and O–H groups in total. The predicted molar refractivity (Wildman–Crippen MR) is 185 cm³/mol. The van der Waals surface area contributed by atoms with Crippen LogP contribution >= 0.6 is 48.0 Å². The van der Waals surface area contributed by atoms with Crippen molar-refractivity contribution in [3.05, 3.63) is 154 Å². The summed E-state index contributed by atoms with van der Waals surface area (Å²) in [6.45, 7) is 8.94. The summed E-state index contributed by atoms with van der Waals surface area (Å²) in [5.41, 5.74) is 7.25. The van der Waals surface area contributed by atoms with Gasteiger partial charge in [-0.3, -0.25) is 6.08 Å². The van der Waals surface area contributed by atoms with E-state index in [-0.39, 0.29) is 24.8 Å². The van der Waals surface area contributed by atoms with Crippen molar-refractivity contribution in [2.75, 3.05) is 0 Å². The fourth-order valence-electron chi connectivity index (χ4n) is 3.95. The van der Waals surface area contributed by atoms with E-state index in [1.165, 1.54) is 58.5 Å². The summed E-state index contributed by atoms with van der Waals surface area (Å²) in [7, 11) is 0. The van der Waals surface area contributed by atoms with Crippen LogP contribution in [0, 0.1) is 35.6 Å². The van der Waals surface area contributed by atoms with E-state index in [1.54, 1.807) is 12.1 Å². The van der Waals surface area contributed by atoms with E-state index in [0.29, 0.717) is 11.3 Å². The van der Waals surface area contributed by atoms with Crippen LogP contribution in [-0.2, 0) is 30.7 Å². The minimum absolute atomic E-state index is 0. The number of rotatable bonds is 1. The van der Waals surface area contributed by atoms with Gasteiger partial charge in [0, 0.05) is 0 Å². The van der Waals surface area contributed by atoms with Gasteiger partial charge in [0.2, 0.25) is 0 Å². The van der Waals surface area contributed by atoms with E-state index in [0.717, 1.165) is 16.5 Å². The van der Waals surface area contributed by atoms with Gasteiger partial charge >= 0.3 is 28.4 Å². The molecule has 0 bridgehead atoms. The van der Waals surface area contributed by atoms with Crippen LogP contribution in [0.15, 0.2) is 109 Å². The van der Waals surface area contributed by atoms with E-state index in [2.05, 4.69) is 105 Å². The second-order valence-electron chi connectivity index (χ2n) is 10.0. The third kappa shape index (κ3) is 14.2. The van der Waals surface area contributed by atoms with E-state index in [9.17, 15) is 0 Å². The van der Waals surface area contributed by atoms with Gasteiger partial charge in [0.1, 0.15) is 0 Å². The molecule has 222 valence electrons. The van der Waals surface area contributed by atoms with Gasteiger partial charge in [-0.2, -0.15) is 125 Å². The molecule has 2 aliphatic carbocycles.